The summed E-state index contributed by atoms with van der Waals surface area (Å²) in [6, 6.07) is 10.3. The van der Waals surface area contributed by atoms with E-state index in [1.807, 2.05) is 0 Å². The predicted octanol–water partition coefficient (Wildman–Crippen LogP) is 3.87. The van der Waals surface area contributed by atoms with E-state index in [4.69, 9.17) is 14.2 Å². The number of carbonyl (C=O) groups excluding carboxylic acids is 2. The average Bonchev–Trinajstić information content (AvgIpc) is 2.74. The number of hydrogen-bond acceptors (Lipinski definition) is 5. The number of unbranched alkanes of at least 4 members (excludes halogenated alkanes) is 2. The summed E-state index contributed by atoms with van der Waals surface area (Å²) >= 11 is 0. The number of benzene rings is 2. The number of ether oxygens (including phenoxy) is 3. The molecule has 0 aliphatic carbocycles. The summed E-state index contributed by atoms with van der Waals surface area (Å²) in [4.78, 5) is 26.7. The molecule has 0 atom stereocenters. The minimum atomic E-state index is -0.286. The van der Waals surface area contributed by atoms with Crippen molar-refractivity contribution in [2.45, 2.75) is 26.2 Å². The number of nitrogens with zero attached hydrogens (tertiary/aromatic N) is 1. The molecule has 1 aliphatic rings. The smallest absolute Gasteiger partial charge is 0.265 e. The van der Waals surface area contributed by atoms with E-state index in [2.05, 4.69) is 12.2 Å². The van der Waals surface area contributed by atoms with Crippen LogP contribution in [0.1, 0.15) is 36.5 Å². The number of nitrogens with one attached hydrogen (secondary N) is 1. The Morgan fingerprint density at radius 1 is 1.10 bits per heavy atom. The highest BCUT2D eigenvalue weighted by atomic mass is 16.5. The third-order valence-electron chi connectivity index (χ3n) is 4.79. The molecule has 0 unspecified atom stereocenters. The Morgan fingerprint density at radius 2 is 1.90 bits per heavy atom. The normalized spacial score (nSPS) is 12.8. The quantitative estimate of drug-likeness (QED) is 0.683. The second-order valence-corrected chi connectivity index (χ2v) is 6.75. The highest BCUT2D eigenvalue weighted by Crippen LogP contribution is 2.35. The van der Waals surface area contributed by atoms with Gasteiger partial charge in [0.15, 0.2) is 18.1 Å². The Kier molecular flexibility index (Phi) is 6.59. The van der Waals surface area contributed by atoms with Crippen molar-refractivity contribution < 1.29 is 23.8 Å². The van der Waals surface area contributed by atoms with Crippen LogP contribution in [0.15, 0.2) is 36.4 Å². The number of methoxy groups -OCH3 is 2. The summed E-state index contributed by atoms with van der Waals surface area (Å²) in [5.74, 6) is 1.32. The first kappa shape index (κ1) is 20.5. The van der Waals surface area contributed by atoms with Gasteiger partial charge < -0.3 is 24.4 Å². The van der Waals surface area contributed by atoms with Crippen LogP contribution < -0.4 is 24.4 Å². The van der Waals surface area contributed by atoms with Gasteiger partial charge in [0.1, 0.15) is 5.75 Å². The standard InChI is InChI=1S/C22H26N2O5/c1-4-5-6-11-24-17-13-16(8-10-18(17)29-14-21(24)25)23-22(26)15-7-9-19(27-2)20(12-15)28-3/h7-10,12-13H,4-6,11,14H2,1-3H3,(H,23,26). The van der Waals surface area contributed by atoms with Crippen LogP contribution in [0.5, 0.6) is 17.2 Å². The second-order valence-electron chi connectivity index (χ2n) is 6.75. The van der Waals surface area contributed by atoms with Gasteiger partial charge in [0.25, 0.3) is 11.8 Å². The van der Waals surface area contributed by atoms with Crippen LogP contribution in [0, 0.1) is 0 Å². The van der Waals surface area contributed by atoms with E-state index in [9.17, 15) is 9.59 Å². The summed E-state index contributed by atoms with van der Waals surface area (Å²) in [5, 5.41) is 2.87. The molecule has 0 saturated carbocycles. The molecule has 3 rings (SSSR count). The van der Waals surface area contributed by atoms with E-state index in [0.717, 1.165) is 19.3 Å². The largest absolute Gasteiger partial charge is 0.493 e. The van der Waals surface area contributed by atoms with Gasteiger partial charge in [-0.05, 0) is 42.8 Å². The second kappa shape index (κ2) is 9.32. The molecule has 0 fully saturated rings. The van der Waals surface area contributed by atoms with Gasteiger partial charge in [-0.25, -0.2) is 0 Å². The molecule has 2 aromatic rings. The van der Waals surface area contributed by atoms with Crippen molar-refractivity contribution in [3.63, 3.8) is 0 Å². The van der Waals surface area contributed by atoms with Crippen LogP contribution in [0.25, 0.3) is 0 Å². The van der Waals surface area contributed by atoms with Gasteiger partial charge in [-0.2, -0.15) is 0 Å². The van der Waals surface area contributed by atoms with E-state index in [-0.39, 0.29) is 18.4 Å². The zero-order chi connectivity index (χ0) is 20.8. The van der Waals surface area contributed by atoms with Crippen LogP contribution in [-0.4, -0.2) is 39.2 Å². The van der Waals surface area contributed by atoms with Crippen LogP contribution in [0.2, 0.25) is 0 Å². The topological polar surface area (TPSA) is 77.1 Å². The molecule has 29 heavy (non-hydrogen) atoms. The maximum absolute atomic E-state index is 12.7. The molecule has 0 spiro atoms. The van der Waals surface area contributed by atoms with E-state index < -0.39 is 0 Å². The Hall–Kier alpha value is -3.22. The SMILES string of the molecule is CCCCCN1C(=O)COc2ccc(NC(=O)c3ccc(OC)c(OC)c3)cc21. The zero-order valence-corrected chi connectivity index (χ0v) is 17.0. The van der Waals surface area contributed by atoms with Gasteiger partial charge in [0, 0.05) is 17.8 Å². The van der Waals surface area contributed by atoms with Crippen molar-refractivity contribution in [2.24, 2.45) is 0 Å². The molecule has 0 radical (unpaired) electrons. The number of amides is 2. The molecule has 0 bridgehead atoms. The summed E-state index contributed by atoms with van der Waals surface area (Å²) in [5.41, 5.74) is 1.71. The van der Waals surface area contributed by atoms with Gasteiger partial charge in [-0.3, -0.25) is 9.59 Å². The van der Waals surface area contributed by atoms with Crippen molar-refractivity contribution in [2.75, 3.05) is 37.6 Å². The van der Waals surface area contributed by atoms with Crippen molar-refractivity contribution >= 4 is 23.2 Å². The lowest BCUT2D eigenvalue weighted by molar-refractivity contribution is -0.121. The maximum atomic E-state index is 12.7. The molecule has 0 saturated heterocycles. The summed E-state index contributed by atoms with van der Waals surface area (Å²) < 4.78 is 16.0. The van der Waals surface area contributed by atoms with Crippen LogP contribution in [-0.2, 0) is 4.79 Å². The third kappa shape index (κ3) is 4.62. The first-order valence-corrected chi connectivity index (χ1v) is 9.68. The molecular weight excluding hydrogens is 372 g/mol. The number of hydrogen-bond donors (Lipinski definition) is 1. The van der Waals surface area contributed by atoms with E-state index >= 15 is 0 Å². The molecule has 2 amide bonds. The minimum absolute atomic E-state index is 0.0382. The monoisotopic (exact) mass is 398 g/mol. The fraction of sp³-hybridized carbons (Fsp3) is 0.364. The van der Waals surface area contributed by atoms with Crippen molar-refractivity contribution in [1.29, 1.82) is 0 Å². The van der Waals surface area contributed by atoms with Crippen LogP contribution in [0.4, 0.5) is 11.4 Å². The van der Waals surface area contributed by atoms with Crippen molar-refractivity contribution in [3.8, 4) is 17.2 Å². The molecule has 1 heterocycles. The molecule has 154 valence electrons. The van der Waals surface area contributed by atoms with Crippen molar-refractivity contribution in [3.05, 3.63) is 42.0 Å². The van der Waals surface area contributed by atoms with E-state index in [0.29, 0.717) is 40.7 Å². The molecule has 7 nitrogen and oxygen atoms in total. The Labute approximate surface area is 170 Å². The first-order chi connectivity index (χ1) is 14.1. The molecule has 2 aromatic carbocycles. The number of anilines is 2. The van der Waals surface area contributed by atoms with Gasteiger partial charge in [0.05, 0.1) is 19.9 Å². The van der Waals surface area contributed by atoms with Gasteiger partial charge >= 0.3 is 0 Å². The fourth-order valence-electron chi connectivity index (χ4n) is 3.23. The third-order valence-corrected chi connectivity index (χ3v) is 4.79. The molecule has 7 heteroatoms. The van der Waals surface area contributed by atoms with Gasteiger partial charge in [0.2, 0.25) is 0 Å². The molecule has 0 aromatic heterocycles. The van der Waals surface area contributed by atoms with Gasteiger partial charge in [-0.15, -0.1) is 0 Å². The predicted molar refractivity (Wildman–Crippen MR) is 111 cm³/mol. The van der Waals surface area contributed by atoms with Gasteiger partial charge in [-0.1, -0.05) is 19.8 Å². The first-order valence-electron chi connectivity index (χ1n) is 9.68. The Balaban J connectivity index is 1.80. The lowest BCUT2D eigenvalue weighted by Crippen LogP contribution is -2.39. The summed E-state index contributed by atoms with van der Waals surface area (Å²) in [6.07, 6.45) is 3.05. The van der Waals surface area contributed by atoms with E-state index in [1.165, 1.54) is 7.11 Å². The zero-order valence-electron chi connectivity index (χ0n) is 17.0. The number of rotatable bonds is 8. The number of fused-ring (bicyclic) bond motifs is 1. The molecule has 1 N–H and O–H groups in total. The minimum Gasteiger partial charge on any atom is -0.493 e. The summed E-state index contributed by atoms with van der Waals surface area (Å²) in [6.45, 7) is 2.80. The Bertz CT molecular complexity index is 897. The number of carbonyl (C=O) groups is 2. The van der Waals surface area contributed by atoms with Crippen molar-refractivity contribution in [1.82, 2.24) is 0 Å². The molecule has 1 aliphatic heterocycles. The molecular formula is C22H26N2O5. The highest BCUT2D eigenvalue weighted by Gasteiger charge is 2.25. The maximum Gasteiger partial charge on any atom is 0.265 e. The lowest BCUT2D eigenvalue weighted by atomic mass is 10.1. The Morgan fingerprint density at radius 3 is 2.62 bits per heavy atom. The fourth-order valence-corrected chi connectivity index (χ4v) is 3.23. The summed E-state index contributed by atoms with van der Waals surface area (Å²) in [7, 11) is 3.06. The average molecular weight is 398 g/mol. The lowest BCUT2D eigenvalue weighted by Gasteiger charge is -2.30. The van der Waals surface area contributed by atoms with Crippen LogP contribution in [0.3, 0.4) is 0 Å². The van der Waals surface area contributed by atoms with E-state index in [1.54, 1.807) is 48.4 Å². The highest BCUT2D eigenvalue weighted by molar-refractivity contribution is 6.05. The van der Waals surface area contributed by atoms with Crippen LogP contribution >= 0.6 is 0 Å².